The SMILES string of the molecule is CCC[C@@H](C1CCC(C)CC1)C1CCC(C2CC(F)C(F)C(F)C2)CC1. The van der Waals surface area contributed by atoms with Gasteiger partial charge in [0.1, 0.15) is 12.3 Å². The van der Waals surface area contributed by atoms with E-state index in [-0.39, 0.29) is 18.8 Å². The highest BCUT2D eigenvalue weighted by Gasteiger charge is 2.43. The van der Waals surface area contributed by atoms with E-state index in [4.69, 9.17) is 0 Å². The Kier molecular flexibility index (Phi) is 7.36. The molecule has 0 radical (unpaired) electrons. The van der Waals surface area contributed by atoms with Gasteiger partial charge in [0.2, 0.25) is 0 Å². The van der Waals surface area contributed by atoms with Crippen LogP contribution in [-0.2, 0) is 0 Å². The summed E-state index contributed by atoms with van der Waals surface area (Å²) in [5.74, 6) is 3.96. The first-order valence-corrected chi connectivity index (χ1v) is 11.4. The van der Waals surface area contributed by atoms with E-state index in [0.29, 0.717) is 5.92 Å². The summed E-state index contributed by atoms with van der Waals surface area (Å²) in [6.07, 6.45) is 8.31. The lowest BCUT2D eigenvalue weighted by Crippen LogP contribution is -2.40. The third-order valence-corrected chi connectivity index (χ3v) is 8.12. The fourth-order valence-corrected chi connectivity index (χ4v) is 6.49. The first kappa shape index (κ1) is 20.5. The van der Waals surface area contributed by atoms with Crippen molar-refractivity contribution in [2.45, 2.75) is 109 Å². The van der Waals surface area contributed by atoms with Gasteiger partial charge in [-0.2, -0.15) is 0 Å². The van der Waals surface area contributed by atoms with Gasteiger partial charge in [0, 0.05) is 0 Å². The van der Waals surface area contributed by atoms with Gasteiger partial charge in [-0.05, 0) is 86.9 Å². The number of hydrogen-bond donors (Lipinski definition) is 0. The molecule has 0 aliphatic heterocycles. The van der Waals surface area contributed by atoms with Crippen molar-refractivity contribution in [3.8, 4) is 0 Å². The quantitative estimate of drug-likeness (QED) is 0.470. The van der Waals surface area contributed by atoms with Crippen molar-refractivity contribution in [2.75, 3.05) is 0 Å². The average Bonchev–Trinajstić information content (AvgIpc) is 2.65. The molecule has 0 nitrogen and oxygen atoms in total. The summed E-state index contributed by atoms with van der Waals surface area (Å²) in [7, 11) is 0. The molecule has 0 amide bonds. The third kappa shape index (κ3) is 4.79. The van der Waals surface area contributed by atoms with Gasteiger partial charge in [-0.15, -0.1) is 0 Å². The van der Waals surface area contributed by atoms with Gasteiger partial charge < -0.3 is 0 Å². The highest BCUT2D eigenvalue weighted by molar-refractivity contribution is 4.92. The molecular weight excluding hydrogens is 333 g/mol. The van der Waals surface area contributed by atoms with E-state index in [1.165, 1.54) is 51.4 Å². The minimum absolute atomic E-state index is 0.0631. The molecule has 2 unspecified atom stereocenters. The maximum atomic E-state index is 13.8. The second kappa shape index (κ2) is 9.32. The fraction of sp³-hybridized carbons (Fsp3) is 1.00. The molecule has 3 fully saturated rings. The maximum Gasteiger partial charge on any atom is 0.162 e. The van der Waals surface area contributed by atoms with Crippen LogP contribution < -0.4 is 0 Å². The topological polar surface area (TPSA) is 0 Å². The first-order chi connectivity index (χ1) is 12.5. The number of halogens is 3. The molecule has 3 aliphatic carbocycles. The highest BCUT2D eigenvalue weighted by Crippen LogP contribution is 2.47. The van der Waals surface area contributed by atoms with Gasteiger partial charge in [-0.25, -0.2) is 13.2 Å². The summed E-state index contributed by atoms with van der Waals surface area (Å²) in [4.78, 5) is 0. The van der Waals surface area contributed by atoms with Crippen molar-refractivity contribution in [1.29, 1.82) is 0 Å². The summed E-state index contributed by atoms with van der Waals surface area (Å²) in [6, 6.07) is 0. The lowest BCUT2D eigenvalue weighted by atomic mass is 9.63. The average molecular weight is 373 g/mol. The second-order valence-electron chi connectivity index (χ2n) is 9.86. The Labute approximate surface area is 158 Å². The lowest BCUT2D eigenvalue weighted by molar-refractivity contribution is -0.00830. The fourth-order valence-electron chi connectivity index (χ4n) is 6.49. The predicted molar refractivity (Wildman–Crippen MR) is 102 cm³/mol. The van der Waals surface area contributed by atoms with Crippen molar-refractivity contribution in [1.82, 2.24) is 0 Å². The molecule has 0 heterocycles. The van der Waals surface area contributed by atoms with Gasteiger partial charge in [-0.3, -0.25) is 0 Å². The summed E-state index contributed by atoms with van der Waals surface area (Å²) in [6.45, 7) is 4.70. The van der Waals surface area contributed by atoms with E-state index in [2.05, 4.69) is 13.8 Å². The summed E-state index contributed by atoms with van der Waals surface area (Å²) in [5.41, 5.74) is 0. The molecule has 3 saturated carbocycles. The Morgan fingerprint density at radius 2 is 1.23 bits per heavy atom. The van der Waals surface area contributed by atoms with Crippen LogP contribution in [0.3, 0.4) is 0 Å². The minimum atomic E-state index is -1.88. The van der Waals surface area contributed by atoms with Crippen LogP contribution in [0.2, 0.25) is 0 Å². The molecule has 152 valence electrons. The molecule has 3 atom stereocenters. The Morgan fingerprint density at radius 3 is 1.73 bits per heavy atom. The van der Waals surface area contributed by atoms with Crippen molar-refractivity contribution in [3.63, 3.8) is 0 Å². The molecule has 26 heavy (non-hydrogen) atoms. The standard InChI is InChI=1S/C23H39F3/c1-3-4-20(17-7-5-15(2)6-8-17)18-11-9-16(10-12-18)19-13-21(24)23(26)22(25)14-19/h15-23H,3-14H2,1-2H3/t15?,16?,17?,18?,19?,20-,21?,22?,23?/m0/s1. The number of hydrogen-bond acceptors (Lipinski definition) is 0. The molecule has 0 aromatic heterocycles. The molecule has 0 N–H and O–H groups in total. The van der Waals surface area contributed by atoms with Crippen LogP contribution in [0.25, 0.3) is 0 Å². The Balaban J connectivity index is 1.53. The van der Waals surface area contributed by atoms with Crippen molar-refractivity contribution < 1.29 is 13.2 Å². The zero-order valence-corrected chi connectivity index (χ0v) is 16.8. The van der Waals surface area contributed by atoms with Gasteiger partial charge in [-0.1, -0.05) is 39.5 Å². The molecule has 0 bridgehead atoms. The minimum Gasteiger partial charge on any atom is -0.244 e. The van der Waals surface area contributed by atoms with Crippen molar-refractivity contribution >= 4 is 0 Å². The Hall–Kier alpha value is -0.210. The van der Waals surface area contributed by atoms with Crippen LogP contribution in [0.15, 0.2) is 0 Å². The summed E-state index contributed by atoms with van der Waals surface area (Å²) in [5, 5.41) is 0. The van der Waals surface area contributed by atoms with Gasteiger partial charge in [0.25, 0.3) is 0 Å². The van der Waals surface area contributed by atoms with Crippen LogP contribution in [-0.4, -0.2) is 18.5 Å². The summed E-state index contributed by atoms with van der Waals surface area (Å²) < 4.78 is 41.0. The molecular formula is C23H39F3. The summed E-state index contributed by atoms with van der Waals surface area (Å²) >= 11 is 0. The lowest BCUT2D eigenvalue weighted by Gasteiger charge is -2.43. The van der Waals surface area contributed by atoms with E-state index in [1.807, 2.05) is 0 Å². The smallest absolute Gasteiger partial charge is 0.162 e. The highest BCUT2D eigenvalue weighted by atomic mass is 19.2. The van der Waals surface area contributed by atoms with E-state index in [0.717, 1.165) is 36.5 Å². The molecule has 0 aromatic carbocycles. The van der Waals surface area contributed by atoms with Crippen LogP contribution >= 0.6 is 0 Å². The second-order valence-corrected chi connectivity index (χ2v) is 9.86. The zero-order valence-electron chi connectivity index (χ0n) is 16.8. The number of alkyl halides is 3. The van der Waals surface area contributed by atoms with Crippen LogP contribution in [0.1, 0.15) is 90.9 Å². The van der Waals surface area contributed by atoms with E-state index in [1.54, 1.807) is 0 Å². The monoisotopic (exact) mass is 372 g/mol. The molecule has 3 rings (SSSR count). The van der Waals surface area contributed by atoms with Crippen LogP contribution in [0.5, 0.6) is 0 Å². The van der Waals surface area contributed by atoms with E-state index >= 15 is 0 Å². The molecule has 3 aliphatic rings. The first-order valence-electron chi connectivity index (χ1n) is 11.4. The molecule has 0 spiro atoms. The molecule has 0 aromatic rings. The molecule has 0 saturated heterocycles. The Morgan fingerprint density at radius 1 is 0.731 bits per heavy atom. The van der Waals surface area contributed by atoms with Gasteiger partial charge in [0.05, 0.1) is 0 Å². The largest absolute Gasteiger partial charge is 0.244 e. The number of rotatable bonds is 5. The third-order valence-electron chi connectivity index (χ3n) is 8.12. The van der Waals surface area contributed by atoms with Crippen LogP contribution in [0.4, 0.5) is 13.2 Å². The normalized spacial score (nSPS) is 46.0. The van der Waals surface area contributed by atoms with Crippen LogP contribution in [0, 0.1) is 35.5 Å². The van der Waals surface area contributed by atoms with Gasteiger partial charge >= 0.3 is 0 Å². The van der Waals surface area contributed by atoms with Crippen molar-refractivity contribution in [3.05, 3.63) is 0 Å². The zero-order chi connectivity index (χ0) is 18.7. The maximum absolute atomic E-state index is 13.8. The van der Waals surface area contributed by atoms with Gasteiger partial charge in [0.15, 0.2) is 6.17 Å². The van der Waals surface area contributed by atoms with E-state index < -0.39 is 18.5 Å². The van der Waals surface area contributed by atoms with E-state index in [9.17, 15) is 13.2 Å². The Bertz CT molecular complexity index is 398. The predicted octanol–water partition coefficient (Wildman–Crippen LogP) is 7.46. The molecule has 3 heteroatoms. The van der Waals surface area contributed by atoms with Crippen molar-refractivity contribution in [2.24, 2.45) is 35.5 Å².